The second-order valence-corrected chi connectivity index (χ2v) is 9.91. The van der Waals surface area contributed by atoms with E-state index in [0.717, 1.165) is 37.9 Å². The molecule has 3 rings (SSSR count). The summed E-state index contributed by atoms with van der Waals surface area (Å²) in [6, 6.07) is 3.90. The fraction of sp³-hybridized carbons (Fsp3) is 0.632. The minimum Gasteiger partial charge on any atom is -0.378 e. The normalized spacial score (nSPS) is 18.6. The molecule has 2 N–H and O–H groups in total. The van der Waals surface area contributed by atoms with Crippen LogP contribution in [0.1, 0.15) is 32.6 Å². The molecule has 1 spiro atoms. The molecule has 0 unspecified atom stereocenters. The highest BCUT2D eigenvalue weighted by atomic mass is 32.2. The predicted octanol–water partition coefficient (Wildman–Crippen LogP) is 2.25. The van der Waals surface area contributed by atoms with Crippen LogP contribution in [0.15, 0.2) is 28.1 Å². The van der Waals surface area contributed by atoms with Gasteiger partial charge in [-0.05, 0) is 43.7 Å². The summed E-state index contributed by atoms with van der Waals surface area (Å²) >= 11 is 0. The van der Waals surface area contributed by atoms with Crippen LogP contribution in [0.2, 0.25) is 0 Å². The number of rotatable bonds is 7. The number of nitro benzene ring substituents is 1. The number of guanidine groups is 1. The molecule has 160 valence electrons. The van der Waals surface area contributed by atoms with E-state index in [0.29, 0.717) is 18.5 Å². The first kappa shape index (κ1) is 21.4. The van der Waals surface area contributed by atoms with Crippen LogP contribution in [0.3, 0.4) is 0 Å². The van der Waals surface area contributed by atoms with Crippen molar-refractivity contribution in [2.24, 2.45) is 10.4 Å². The number of hydrogen-bond donors (Lipinski definition) is 2. The number of anilines is 1. The minimum atomic E-state index is -3.50. The molecule has 1 saturated carbocycles. The van der Waals surface area contributed by atoms with Gasteiger partial charge >= 0.3 is 0 Å². The number of nitrogens with zero attached hydrogens (tertiary/aromatic N) is 3. The van der Waals surface area contributed by atoms with Crippen molar-refractivity contribution in [1.82, 2.24) is 10.2 Å². The van der Waals surface area contributed by atoms with E-state index >= 15 is 0 Å². The van der Waals surface area contributed by atoms with Crippen LogP contribution in [-0.4, -0.2) is 63.2 Å². The Labute approximate surface area is 171 Å². The average molecular weight is 424 g/mol. The van der Waals surface area contributed by atoms with Gasteiger partial charge in [0.15, 0.2) is 15.8 Å². The quantitative estimate of drug-likeness (QED) is 0.227. The highest BCUT2D eigenvalue weighted by Gasteiger charge is 2.43. The molecular formula is C19H29N5O4S. The summed E-state index contributed by atoms with van der Waals surface area (Å²) in [4.78, 5) is 17.7. The summed E-state index contributed by atoms with van der Waals surface area (Å²) in [7, 11) is -3.50. The number of nitro groups is 1. The molecule has 29 heavy (non-hydrogen) atoms. The molecule has 0 radical (unpaired) electrons. The van der Waals surface area contributed by atoms with Crippen molar-refractivity contribution < 1.29 is 13.3 Å². The van der Waals surface area contributed by atoms with E-state index in [1.165, 1.54) is 37.8 Å². The smallest absolute Gasteiger partial charge is 0.293 e. The Kier molecular flexibility index (Phi) is 6.30. The molecule has 1 aromatic rings. The maximum atomic E-state index is 11.6. The molecule has 0 amide bonds. The lowest BCUT2D eigenvalue weighted by atomic mass is 9.68. The third-order valence-corrected chi connectivity index (χ3v) is 6.88. The first-order chi connectivity index (χ1) is 13.7. The summed E-state index contributed by atoms with van der Waals surface area (Å²) in [5.74, 6) is 0.889. The second kappa shape index (κ2) is 8.56. The second-order valence-electron chi connectivity index (χ2n) is 7.90. The molecule has 2 aliphatic rings. The van der Waals surface area contributed by atoms with Crippen LogP contribution in [0.25, 0.3) is 0 Å². The topological polar surface area (TPSA) is 117 Å². The molecular weight excluding hydrogens is 394 g/mol. The SMILES string of the molecule is CCNC(=NCCNc1ccc(S(C)(=O)=O)cc1[N+](=O)[O-])N1CCC2(CCC2)C1. The molecule has 0 atom stereocenters. The van der Waals surface area contributed by atoms with Gasteiger partial charge in [0, 0.05) is 38.5 Å². The van der Waals surface area contributed by atoms with Crippen LogP contribution in [0, 0.1) is 15.5 Å². The number of likely N-dealkylation sites (tertiary alicyclic amines) is 1. The fourth-order valence-electron chi connectivity index (χ4n) is 4.02. The Morgan fingerprint density at radius 3 is 2.66 bits per heavy atom. The maximum absolute atomic E-state index is 11.6. The average Bonchev–Trinajstić information content (AvgIpc) is 3.09. The molecule has 0 aromatic heterocycles. The van der Waals surface area contributed by atoms with Crippen molar-refractivity contribution in [1.29, 1.82) is 0 Å². The Morgan fingerprint density at radius 1 is 1.34 bits per heavy atom. The van der Waals surface area contributed by atoms with Gasteiger partial charge in [0.2, 0.25) is 0 Å². The number of nitrogens with one attached hydrogen (secondary N) is 2. The first-order valence-corrected chi connectivity index (χ1v) is 11.9. The molecule has 2 fully saturated rings. The third-order valence-electron chi connectivity index (χ3n) is 5.77. The van der Waals surface area contributed by atoms with Crippen molar-refractivity contribution in [2.75, 3.05) is 44.3 Å². The van der Waals surface area contributed by atoms with E-state index in [1.807, 2.05) is 6.92 Å². The molecule has 1 aromatic carbocycles. The number of aliphatic imine (C=N–C) groups is 1. The molecule has 1 aliphatic heterocycles. The van der Waals surface area contributed by atoms with E-state index in [2.05, 4.69) is 20.5 Å². The molecule has 10 heteroatoms. The Balaban J connectivity index is 1.62. The van der Waals surface area contributed by atoms with Crippen LogP contribution < -0.4 is 10.6 Å². The summed E-state index contributed by atoms with van der Waals surface area (Å²) in [6.07, 6.45) is 6.17. The molecule has 0 bridgehead atoms. The Hall–Kier alpha value is -2.36. The van der Waals surface area contributed by atoms with E-state index in [4.69, 9.17) is 0 Å². The van der Waals surface area contributed by atoms with E-state index in [1.54, 1.807) is 0 Å². The highest BCUT2D eigenvalue weighted by Crippen LogP contribution is 2.47. The van der Waals surface area contributed by atoms with Crippen LogP contribution in [0.4, 0.5) is 11.4 Å². The van der Waals surface area contributed by atoms with E-state index < -0.39 is 14.8 Å². The lowest BCUT2D eigenvalue weighted by molar-refractivity contribution is -0.384. The summed E-state index contributed by atoms with van der Waals surface area (Å²) in [5, 5.41) is 17.7. The first-order valence-electron chi connectivity index (χ1n) is 10.00. The maximum Gasteiger partial charge on any atom is 0.293 e. The standard InChI is InChI=1S/C19H29N5O4S/c1-3-20-18(23-12-9-19(14-23)7-4-8-19)22-11-10-21-16-6-5-15(29(2,27)28)13-17(16)24(25)26/h5-6,13,21H,3-4,7-12,14H2,1-2H3,(H,20,22). The van der Waals surface area contributed by atoms with Crippen molar-refractivity contribution in [2.45, 2.75) is 37.5 Å². The van der Waals surface area contributed by atoms with Gasteiger partial charge in [-0.25, -0.2) is 8.42 Å². The van der Waals surface area contributed by atoms with E-state index in [9.17, 15) is 18.5 Å². The van der Waals surface area contributed by atoms with Crippen molar-refractivity contribution in [3.8, 4) is 0 Å². The number of hydrogen-bond acceptors (Lipinski definition) is 6. The monoisotopic (exact) mass is 423 g/mol. The van der Waals surface area contributed by atoms with Gasteiger partial charge < -0.3 is 15.5 Å². The molecule has 9 nitrogen and oxygen atoms in total. The van der Waals surface area contributed by atoms with Gasteiger partial charge in [-0.1, -0.05) is 6.42 Å². The van der Waals surface area contributed by atoms with Crippen LogP contribution in [-0.2, 0) is 9.84 Å². The van der Waals surface area contributed by atoms with Crippen molar-refractivity contribution >= 4 is 27.2 Å². The summed E-state index contributed by atoms with van der Waals surface area (Å²) < 4.78 is 23.3. The zero-order valence-corrected chi connectivity index (χ0v) is 17.8. The molecule has 1 heterocycles. The van der Waals surface area contributed by atoms with Crippen molar-refractivity contribution in [3.63, 3.8) is 0 Å². The lowest BCUT2D eigenvalue weighted by Gasteiger charge is -2.38. The zero-order chi connectivity index (χ0) is 21.1. The Bertz CT molecular complexity index is 896. The van der Waals surface area contributed by atoms with Gasteiger partial charge in [-0.3, -0.25) is 15.1 Å². The largest absolute Gasteiger partial charge is 0.378 e. The predicted molar refractivity (Wildman–Crippen MR) is 113 cm³/mol. The van der Waals surface area contributed by atoms with Gasteiger partial charge in [-0.2, -0.15) is 0 Å². The van der Waals surface area contributed by atoms with Gasteiger partial charge in [0.25, 0.3) is 5.69 Å². The summed E-state index contributed by atoms with van der Waals surface area (Å²) in [6.45, 7) is 5.75. The molecule has 1 aliphatic carbocycles. The Morgan fingerprint density at radius 2 is 2.10 bits per heavy atom. The van der Waals surface area contributed by atoms with Gasteiger partial charge in [0.05, 0.1) is 16.4 Å². The zero-order valence-electron chi connectivity index (χ0n) is 17.0. The summed E-state index contributed by atoms with van der Waals surface area (Å²) in [5.41, 5.74) is 0.517. The van der Waals surface area contributed by atoms with Gasteiger partial charge in [0.1, 0.15) is 5.69 Å². The fourth-order valence-corrected chi connectivity index (χ4v) is 4.66. The molecule has 1 saturated heterocycles. The minimum absolute atomic E-state index is 0.0684. The van der Waals surface area contributed by atoms with E-state index in [-0.39, 0.29) is 16.3 Å². The van der Waals surface area contributed by atoms with Crippen molar-refractivity contribution in [3.05, 3.63) is 28.3 Å². The number of benzene rings is 1. The highest BCUT2D eigenvalue weighted by molar-refractivity contribution is 7.90. The third kappa shape index (κ3) is 4.98. The van der Waals surface area contributed by atoms with Gasteiger partial charge in [-0.15, -0.1) is 0 Å². The lowest BCUT2D eigenvalue weighted by Crippen LogP contribution is -2.42. The number of sulfone groups is 1. The van der Waals surface area contributed by atoms with Crippen LogP contribution in [0.5, 0.6) is 0 Å². The van der Waals surface area contributed by atoms with Crippen LogP contribution >= 0.6 is 0 Å².